The van der Waals surface area contributed by atoms with Gasteiger partial charge in [-0.3, -0.25) is 9.59 Å². The number of aromatic nitrogens is 2. The summed E-state index contributed by atoms with van der Waals surface area (Å²) in [4.78, 5) is 49.2. The Kier molecular flexibility index (Phi) is 7.04. The number of ether oxygens (including phenoxy) is 2. The summed E-state index contributed by atoms with van der Waals surface area (Å²) in [5.41, 5.74) is -2.40. The lowest BCUT2D eigenvalue weighted by Gasteiger charge is -2.14. The van der Waals surface area contributed by atoms with Crippen LogP contribution in [-0.4, -0.2) is 41.8 Å². The van der Waals surface area contributed by atoms with E-state index in [1.807, 2.05) is 0 Å². The standard InChI is InChI=1S/C23H18F3N3O6/c1-12-7-18(30)19(28-29(12)17-6-4-5-15(11-17)23(24,25)26)20(31)27-16-9-13(21(32)34-2)8-14(10-16)22(33)35-3/h4-11H,1-3H3,(H,27,31). The Hall–Kier alpha value is -4.48. The maximum Gasteiger partial charge on any atom is 0.416 e. The van der Waals surface area contributed by atoms with Crippen molar-refractivity contribution in [2.45, 2.75) is 13.1 Å². The molecule has 35 heavy (non-hydrogen) atoms. The minimum Gasteiger partial charge on any atom is -0.465 e. The highest BCUT2D eigenvalue weighted by atomic mass is 19.4. The van der Waals surface area contributed by atoms with Crippen molar-refractivity contribution in [1.82, 2.24) is 9.78 Å². The fraction of sp³-hybridized carbons (Fsp3) is 0.174. The van der Waals surface area contributed by atoms with Crippen molar-refractivity contribution >= 4 is 23.5 Å². The van der Waals surface area contributed by atoms with E-state index < -0.39 is 40.7 Å². The number of esters is 2. The number of nitrogens with one attached hydrogen (secondary N) is 1. The number of hydrogen-bond donors (Lipinski definition) is 1. The Morgan fingerprint density at radius 1 is 0.943 bits per heavy atom. The third kappa shape index (κ3) is 5.54. The first-order valence-electron chi connectivity index (χ1n) is 9.86. The lowest BCUT2D eigenvalue weighted by atomic mass is 10.1. The average molecular weight is 489 g/mol. The van der Waals surface area contributed by atoms with E-state index >= 15 is 0 Å². The molecule has 182 valence electrons. The second-order valence-electron chi connectivity index (χ2n) is 7.19. The van der Waals surface area contributed by atoms with E-state index in [1.54, 1.807) is 0 Å². The van der Waals surface area contributed by atoms with Gasteiger partial charge in [0.25, 0.3) is 5.91 Å². The van der Waals surface area contributed by atoms with Crippen LogP contribution < -0.4 is 10.7 Å². The number of carbonyl (C=O) groups is 3. The minimum absolute atomic E-state index is 0.0213. The molecule has 0 fully saturated rings. The predicted molar refractivity (Wildman–Crippen MR) is 117 cm³/mol. The normalized spacial score (nSPS) is 11.0. The van der Waals surface area contributed by atoms with Crippen molar-refractivity contribution in [3.8, 4) is 5.69 Å². The van der Waals surface area contributed by atoms with E-state index in [2.05, 4.69) is 19.9 Å². The summed E-state index contributed by atoms with van der Waals surface area (Å²) in [5, 5.41) is 6.31. The molecule has 0 saturated heterocycles. The van der Waals surface area contributed by atoms with Crippen molar-refractivity contribution in [1.29, 1.82) is 0 Å². The van der Waals surface area contributed by atoms with E-state index in [4.69, 9.17) is 0 Å². The van der Waals surface area contributed by atoms with Crippen LogP contribution in [0, 0.1) is 6.92 Å². The van der Waals surface area contributed by atoms with E-state index in [9.17, 15) is 32.3 Å². The maximum absolute atomic E-state index is 13.1. The average Bonchev–Trinajstić information content (AvgIpc) is 2.82. The summed E-state index contributed by atoms with van der Waals surface area (Å²) in [6.07, 6.45) is -4.61. The van der Waals surface area contributed by atoms with E-state index in [1.165, 1.54) is 37.3 Å². The molecule has 9 nitrogen and oxygen atoms in total. The Balaban J connectivity index is 2.03. The summed E-state index contributed by atoms with van der Waals surface area (Å²) < 4.78 is 49.6. The number of amides is 1. The molecule has 0 spiro atoms. The molecule has 0 aliphatic rings. The molecule has 1 amide bonds. The van der Waals surface area contributed by atoms with E-state index in [-0.39, 0.29) is 28.2 Å². The molecule has 1 heterocycles. The number of rotatable bonds is 5. The summed E-state index contributed by atoms with van der Waals surface area (Å²) in [7, 11) is 2.25. The quantitative estimate of drug-likeness (QED) is 0.546. The number of benzene rings is 2. The number of nitrogens with zero attached hydrogens (tertiary/aromatic N) is 2. The van der Waals surface area contributed by atoms with E-state index in [0.29, 0.717) is 0 Å². The number of carbonyl (C=O) groups excluding carboxylic acids is 3. The first-order chi connectivity index (χ1) is 16.4. The molecular formula is C23H18F3N3O6. The van der Waals surface area contributed by atoms with Gasteiger partial charge in [0.1, 0.15) is 0 Å². The highest BCUT2D eigenvalue weighted by molar-refractivity contribution is 6.04. The SMILES string of the molecule is COC(=O)c1cc(NC(=O)c2nn(-c3cccc(C(F)(F)F)c3)c(C)cc2=O)cc(C(=O)OC)c1. The molecule has 3 aromatic rings. The topological polar surface area (TPSA) is 117 Å². The van der Waals surface area contributed by atoms with Crippen LogP contribution in [0.3, 0.4) is 0 Å². The monoisotopic (exact) mass is 489 g/mol. The zero-order chi connectivity index (χ0) is 25.9. The highest BCUT2D eigenvalue weighted by Crippen LogP contribution is 2.30. The zero-order valence-electron chi connectivity index (χ0n) is 18.6. The van der Waals surface area contributed by atoms with Gasteiger partial charge in [0.2, 0.25) is 5.43 Å². The number of halogens is 3. The van der Waals surface area contributed by atoms with Crippen LogP contribution in [0.25, 0.3) is 5.69 Å². The lowest BCUT2D eigenvalue weighted by molar-refractivity contribution is -0.137. The van der Waals surface area contributed by atoms with Crippen molar-refractivity contribution in [2.75, 3.05) is 19.5 Å². The van der Waals surface area contributed by atoms with Crippen LogP contribution in [0.15, 0.2) is 53.3 Å². The Morgan fingerprint density at radius 3 is 2.09 bits per heavy atom. The van der Waals surface area contributed by atoms with Gasteiger partial charge >= 0.3 is 18.1 Å². The number of aryl methyl sites for hydroxylation is 1. The number of alkyl halides is 3. The van der Waals surface area contributed by atoms with Gasteiger partial charge in [-0.1, -0.05) is 6.07 Å². The number of methoxy groups -OCH3 is 2. The largest absolute Gasteiger partial charge is 0.465 e. The second kappa shape index (κ2) is 9.79. The maximum atomic E-state index is 13.1. The number of anilines is 1. The third-order valence-electron chi connectivity index (χ3n) is 4.77. The van der Waals surface area contributed by atoms with Crippen LogP contribution in [0.1, 0.15) is 42.5 Å². The van der Waals surface area contributed by atoms with Gasteiger partial charge in [0.05, 0.1) is 36.6 Å². The molecule has 3 rings (SSSR count). The molecule has 1 aromatic heterocycles. The zero-order valence-corrected chi connectivity index (χ0v) is 18.6. The van der Waals surface area contributed by atoms with Crippen LogP contribution in [-0.2, 0) is 15.7 Å². The molecule has 12 heteroatoms. The Bertz CT molecular complexity index is 1350. The molecule has 2 aromatic carbocycles. The van der Waals surface area contributed by atoms with Gasteiger partial charge in [0, 0.05) is 17.4 Å². The first kappa shape index (κ1) is 25.1. The summed E-state index contributed by atoms with van der Waals surface area (Å²) in [6, 6.07) is 8.86. The molecule has 0 atom stereocenters. The van der Waals surface area contributed by atoms with Crippen LogP contribution >= 0.6 is 0 Å². The predicted octanol–water partition coefficient (Wildman–Crippen LogP) is 3.39. The fourth-order valence-corrected chi connectivity index (χ4v) is 3.14. The van der Waals surface area contributed by atoms with Gasteiger partial charge in [-0.25, -0.2) is 14.3 Å². The molecule has 0 saturated carbocycles. The molecule has 0 radical (unpaired) electrons. The lowest BCUT2D eigenvalue weighted by Crippen LogP contribution is -2.27. The highest BCUT2D eigenvalue weighted by Gasteiger charge is 2.30. The number of hydrogen-bond acceptors (Lipinski definition) is 7. The van der Waals surface area contributed by atoms with Crippen LogP contribution in [0.2, 0.25) is 0 Å². The third-order valence-corrected chi connectivity index (χ3v) is 4.77. The van der Waals surface area contributed by atoms with Crippen molar-refractivity contribution in [2.24, 2.45) is 0 Å². The van der Waals surface area contributed by atoms with Gasteiger partial charge in [-0.2, -0.15) is 18.3 Å². The van der Waals surface area contributed by atoms with Gasteiger partial charge < -0.3 is 14.8 Å². The molecular weight excluding hydrogens is 471 g/mol. The first-order valence-corrected chi connectivity index (χ1v) is 9.86. The molecule has 0 unspecified atom stereocenters. The van der Waals surface area contributed by atoms with E-state index in [0.717, 1.165) is 37.1 Å². The smallest absolute Gasteiger partial charge is 0.416 e. The minimum atomic E-state index is -4.61. The summed E-state index contributed by atoms with van der Waals surface area (Å²) >= 11 is 0. The van der Waals surface area contributed by atoms with Crippen LogP contribution in [0.4, 0.5) is 18.9 Å². The molecule has 1 N–H and O–H groups in total. The van der Waals surface area contributed by atoms with Gasteiger partial charge in [-0.05, 0) is 43.3 Å². The fourth-order valence-electron chi connectivity index (χ4n) is 3.14. The van der Waals surface area contributed by atoms with Crippen molar-refractivity contribution in [3.63, 3.8) is 0 Å². The Labute approximate surface area is 196 Å². The second-order valence-corrected chi connectivity index (χ2v) is 7.19. The van der Waals surface area contributed by atoms with Crippen LogP contribution in [0.5, 0.6) is 0 Å². The van der Waals surface area contributed by atoms with Crippen molar-refractivity contribution < 1.29 is 37.0 Å². The molecule has 0 aliphatic heterocycles. The van der Waals surface area contributed by atoms with Gasteiger partial charge in [-0.15, -0.1) is 0 Å². The van der Waals surface area contributed by atoms with Crippen molar-refractivity contribution in [3.05, 3.63) is 86.8 Å². The van der Waals surface area contributed by atoms with Gasteiger partial charge in [0.15, 0.2) is 5.69 Å². The molecule has 0 aliphatic carbocycles. The summed E-state index contributed by atoms with van der Waals surface area (Å²) in [6.45, 7) is 1.44. The Morgan fingerprint density at radius 2 is 1.54 bits per heavy atom. The molecule has 0 bridgehead atoms. The summed E-state index contributed by atoms with van der Waals surface area (Å²) in [5.74, 6) is -2.62.